The maximum Gasteiger partial charge on any atom is 0.291 e. The summed E-state index contributed by atoms with van der Waals surface area (Å²) in [6, 6.07) is 7.31. The lowest BCUT2D eigenvalue weighted by Crippen LogP contribution is -2.11. The van der Waals surface area contributed by atoms with Crippen LogP contribution in [0.5, 0.6) is 0 Å². The topological polar surface area (TPSA) is 111 Å². The third-order valence-electron chi connectivity index (χ3n) is 2.49. The first-order chi connectivity index (χ1) is 9.51. The molecule has 0 fully saturated rings. The van der Waals surface area contributed by atoms with Gasteiger partial charge < -0.3 is 15.5 Å². The van der Waals surface area contributed by atoms with E-state index < -0.39 is 10.8 Å². The maximum atomic E-state index is 11.9. The van der Waals surface area contributed by atoms with E-state index in [1.807, 2.05) is 0 Å². The van der Waals surface area contributed by atoms with E-state index in [-0.39, 0.29) is 22.5 Å². The van der Waals surface area contributed by atoms with Crippen molar-refractivity contribution in [2.45, 2.75) is 6.54 Å². The number of carbonyl (C=O) groups is 1. The lowest BCUT2D eigenvalue weighted by molar-refractivity contribution is -0.385. The van der Waals surface area contributed by atoms with Gasteiger partial charge in [0, 0.05) is 11.8 Å². The Hall–Kier alpha value is -2.19. The fourth-order valence-corrected chi connectivity index (χ4v) is 2.06. The van der Waals surface area contributed by atoms with Gasteiger partial charge in [-0.2, -0.15) is 0 Å². The Morgan fingerprint density at radius 2 is 2.15 bits per heavy atom. The van der Waals surface area contributed by atoms with E-state index in [4.69, 9.17) is 10.2 Å². The molecule has 1 amide bonds. The highest BCUT2D eigenvalue weighted by Crippen LogP contribution is 2.27. The minimum absolute atomic E-state index is 0.0774. The zero-order valence-electron chi connectivity index (χ0n) is 10.1. The summed E-state index contributed by atoms with van der Waals surface area (Å²) in [5.41, 5.74) is 5.72. The van der Waals surface area contributed by atoms with Crippen LogP contribution in [0.3, 0.4) is 0 Å². The van der Waals surface area contributed by atoms with Gasteiger partial charge in [0.25, 0.3) is 11.6 Å². The number of nitrogens with two attached hydrogens (primary N) is 1. The number of rotatable bonds is 4. The molecule has 0 unspecified atom stereocenters. The predicted molar refractivity (Wildman–Crippen MR) is 75.3 cm³/mol. The normalized spacial score (nSPS) is 10.3. The molecular formula is C12H10BrN3O4. The molecule has 0 aliphatic heterocycles. The fourth-order valence-electron chi connectivity index (χ4n) is 1.54. The smallest absolute Gasteiger partial charge is 0.291 e. The zero-order chi connectivity index (χ0) is 14.7. The summed E-state index contributed by atoms with van der Waals surface area (Å²) < 4.78 is 5.48. The number of halogens is 1. The first-order valence-electron chi connectivity index (χ1n) is 5.55. The predicted octanol–water partition coefficient (Wildman–Crippen LogP) is 2.66. The first kappa shape index (κ1) is 14.2. The van der Waals surface area contributed by atoms with Crippen molar-refractivity contribution in [3.63, 3.8) is 0 Å². The van der Waals surface area contributed by atoms with Gasteiger partial charge in [0.1, 0.15) is 5.76 Å². The molecule has 0 saturated heterocycles. The van der Waals surface area contributed by atoms with Crippen LogP contribution < -0.4 is 11.1 Å². The first-order valence-corrected chi connectivity index (χ1v) is 6.34. The number of amides is 1. The number of anilines is 1. The molecule has 3 N–H and O–H groups in total. The summed E-state index contributed by atoms with van der Waals surface area (Å²) in [6.45, 7) is 0.205. The molecule has 104 valence electrons. The number of nitro groups is 1. The van der Waals surface area contributed by atoms with Crippen molar-refractivity contribution in [2.24, 2.45) is 5.73 Å². The van der Waals surface area contributed by atoms with Gasteiger partial charge in [-0.25, -0.2) is 0 Å². The fraction of sp³-hybridized carbons (Fsp3) is 0.0833. The van der Waals surface area contributed by atoms with Crippen LogP contribution in [-0.4, -0.2) is 10.8 Å². The molecule has 0 spiro atoms. The molecule has 2 rings (SSSR count). The van der Waals surface area contributed by atoms with Crippen LogP contribution >= 0.6 is 15.9 Å². The van der Waals surface area contributed by atoms with Crippen LogP contribution in [0.2, 0.25) is 0 Å². The van der Waals surface area contributed by atoms with Crippen LogP contribution in [0.15, 0.2) is 39.2 Å². The number of hydrogen-bond donors (Lipinski definition) is 2. The average molecular weight is 340 g/mol. The molecule has 7 nitrogen and oxygen atoms in total. The van der Waals surface area contributed by atoms with Gasteiger partial charge >= 0.3 is 0 Å². The number of nitrogens with zero attached hydrogens (tertiary/aromatic N) is 1. The Bertz CT molecular complexity index is 668. The van der Waals surface area contributed by atoms with Crippen molar-refractivity contribution in [3.8, 4) is 0 Å². The summed E-state index contributed by atoms with van der Waals surface area (Å²) in [4.78, 5) is 22.0. The lowest BCUT2D eigenvalue weighted by atomic mass is 10.3. The van der Waals surface area contributed by atoms with Crippen molar-refractivity contribution < 1.29 is 14.1 Å². The Morgan fingerprint density at radius 1 is 1.40 bits per heavy atom. The maximum absolute atomic E-state index is 11.9. The molecule has 0 radical (unpaired) electrons. The van der Waals surface area contributed by atoms with Gasteiger partial charge in [0.05, 0.1) is 15.9 Å². The molecule has 0 bridgehead atoms. The molecular weight excluding hydrogens is 330 g/mol. The van der Waals surface area contributed by atoms with Crippen molar-refractivity contribution in [2.75, 3.05) is 5.32 Å². The van der Waals surface area contributed by atoms with Gasteiger partial charge in [-0.15, -0.1) is 0 Å². The van der Waals surface area contributed by atoms with Crippen molar-refractivity contribution in [3.05, 3.63) is 56.4 Å². The number of carbonyl (C=O) groups excluding carboxylic acids is 1. The Labute approximate surface area is 122 Å². The molecule has 0 saturated carbocycles. The second-order valence-electron chi connectivity index (χ2n) is 3.85. The van der Waals surface area contributed by atoms with Crippen LogP contribution in [0, 0.1) is 10.1 Å². The third-order valence-corrected chi connectivity index (χ3v) is 3.12. The molecule has 0 aliphatic rings. The monoisotopic (exact) mass is 339 g/mol. The summed E-state index contributed by atoms with van der Waals surface area (Å²) in [5.74, 6) is 0.172. The minimum Gasteiger partial charge on any atom is -0.455 e. The largest absolute Gasteiger partial charge is 0.455 e. The number of benzene rings is 1. The van der Waals surface area contributed by atoms with Gasteiger partial charge in [-0.3, -0.25) is 14.9 Å². The molecule has 1 aromatic carbocycles. The van der Waals surface area contributed by atoms with Crippen LogP contribution in [0.25, 0.3) is 0 Å². The lowest BCUT2D eigenvalue weighted by Gasteiger charge is -2.04. The summed E-state index contributed by atoms with van der Waals surface area (Å²) in [6.07, 6.45) is 0. The number of nitro benzene ring substituents is 1. The minimum atomic E-state index is -0.518. The van der Waals surface area contributed by atoms with Gasteiger partial charge in [0.15, 0.2) is 5.76 Å². The SMILES string of the molecule is NCc1ccc(C(=O)Nc2ccc([N+](=O)[O-])c(Br)c2)o1. The van der Waals surface area contributed by atoms with E-state index in [1.165, 1.54) is 24.3 Å². The number of hydrogen-bond acceptors (Lipinski definition) is 5. The Kier molecular flexibility index (Phi) is 4.16. The molecule has 20 heavy (non-hydrogen) atoms. The highest BCUT2D eigenvalue weighted by Gasteiger charge is 2.15. The van der Waals surface area contributed by atoms with Crippen LogP contribution in [0.4, 0.5) is 11.4 Å². The highest BCUT2D eigenvalue weighted by atomic mass is 79.9. The van der Waals surface area contributed by atoms with E-state index in [9.17, 15) is 14.9 Å². The van der Waals surface area contributed by atoms with E-state index >= 15 is 0 Å². The summed E-state index contributed by atoms with van der Waals surface area (Å²) >= 11 is 3.08. The average Bonchev–Trinajstić information content (AvgIpc) is 2.87. The summed E-state index contributed by atoms with van der Waals surface area (Å²) in [7, 11) is 0. The number of nitrogens with one attached hydrogen (secondary N) is 1. The van der Waals surface area contributed by atoms with E-state index in [0.717, 1.165) is 0 Å². The third kappa shape index (κ3) is 3.03. The quantitative estimate of drug-likeness (QED) is 0.656. The second kappa shape index (κ2) is 5.85. The van der Waals surface area contributed by atoms with Gasteiger partial charge in [-0.05, 0) is 40.2 Å². The van der Waals surface area contributed by atoms with Gasteiger partial charge in [0.2, 0.25) is 0 Å². The molecule has 0 atom stereocenters. The molecule has 1 heterocycles. The van der Waals surface area contributed by atoms with Crippen molar-refractivity contribution in [1.82, 2.24) is 0 Å². The van der Waals surface area contributed by atoms with E-state index in [0.29, 0.717) is 11.4 Å². The van der Waals surface area contributed by atoms with Gasteiger partial charge in [-0.1, -0.05) is 0 Å². The Balaban J connectivity index is 2.15. The standard InChI is InChI=1S/C12H10BrN3O4/c13-9-5-7(1-3-10(9)16(18)19)15-12(17)11-4-2-8(6-14)20-11/h1-5H,6,14H2,(H,15,17). The molecule has 2 aromatic rings. The molecule has 1 aromatic heterocycles. The summed E-state index contributed by atoms with van der Waals surface area (Å²) in [5, 5.41) is 13.3. The molecule has 8 heteroatoms. The Morgan fingerprint density at radius 3 is 2.70 bits per heavy atom. The number of furan rings is 1. The van der Waals surface area contributed by atoms with E-state index in [1.54, 1.807) is 6.07 Å². The van der Waals surface area contributed by atoms with Crippen molar-refractivity contribution >= 4 is 33.2 Å². The second-order valence-corrected chi connectivity index (χ2v) is 4.70. The zero-order valence-corrected chi connectivity index (χ0v) is 11.7. The van der Waals surface area contributed by atoms with Crippen LogP contribution in [-0.2, 0) is 6.54 Å². The van der Waals surface area contributed by atoms with E-state index in [2.05, 4.69) is 21.2 Å². The molecule has 0 aliphatic carbocycles. The van der Waals surface area contributed by atoms with Crippen molar-refractivity contribution in [1.29, 1.82) is 0 Å². The highest BCUT2D eigenvalue weighted by molar-refractivity contribution is 9.10. The van der Waals surface area contributed by atoms with Crippen LogP contribution in [0.1, 0.15) is 16.3 Å².